The predicted molar refractivity (Wildman–Crippen MR) is 142 cm³/mol. The predicted octanol–water partition coefficient (Wildman–Crippen LogP) is 6.88. The zero-order valence-corrected chi connectivity index (χ0v) is 22.1. The Hall–Kier alpha value is -2.30. The lowest BCUT2D eigenvalue weighted by molar-refractivity contribution is -0.123. The van der Waals surface area contributed by atoms with E-state index in [1.165, 1.54) is 4.90 Å². The van der Waals surface area contributed by atoms with E-state index < -0.39 is 0 Å². The summed E-state index contributed by atoms with van der Waals surface area (Å²) in [5.41, 5.74) is 2.69. The monoisotopic (exact) mass is 635 g/mol. The summed E-state index contributed by atoms with van der Waals surface area (Å²) in [4.78, 5) is 27.1. The number of imide groups is 1. The number of hydrogen-bond acceptors (Lipinski definition) is 5. The maximum atomic E-state index is 12.9. The van der Waals surface area contributed by atoms with Gasteiger partial charge in [0.2, 0.25) is 0 Å². The van der Waals surface area contributed by atoms with Crippen LogP contribution in [0.15, 0.2) is 76.1 Å². The molecule has 0 N–H and O–H groups in total. The summed E-state index contributed by atoms with van der Waals surface area (Å²) in [5.74, 6) is 0.900. The van der Waals surface area contributed by atoms with Crippen LogP contribution < -0.4 is 9.47 Å². The van der Waals surface area contributed by atoms with Crippen LogP contribution in [0.4, 0.5) is 4.79 Å². The van der Waals surface area contributed by atoms with Crippen LogP contribution in [-0.4, -0.2) is 23.2 Å². The molecule has 0 aliphatic carbocycles. The van der Waals surface area contributed by atoms with E-state index in [1.54, 1.807) is 13.2 Å². The molecule has 0 radical (unpaired) electrons. The smallest absolute Gasteiger partial charge is 0.293 e. The summed E-state index contributed by atoms with van der Waals surface area (Å²) in [5, 5.41) is -0.286. The fourth-order valence-corrected chi connectivity index (χ4v) is 5.31. The molecule has 0 unspecified atom stereocenters. The van der Waals surface area contributed by atoms with Gasteiger partial charge in [0.05, 0.1) is 22.1 Å². The summed E-state index contributed by atoms with van der Waals surface area (Å²) < 4.78 is 13.3. The summed E-state index contributed by atoms with van der Waals surface area (Å²) in [6.45, 7) is 0.636. The molecule has 1 aliphatic heterocycles. The molecule has 8 heteroatoms. The van der Waals surface area contributed by atoms with Crippen molar-refractivity contribution >= 4 is 67.5 Å². The number of ether oxygens (including phenoxy) is 2. The van der Waals surface area contributed by atoms with Gasteiger partial charge in [0.15, 0.2) is 11.5 Å². The number of rotatable bonds is 7. The highest BCUT2D eigenvalue weighted by Crippen LogP contribution is 2.38. The van der Waals surface area contributed by atoms with Gasteiger partial charge in [-0.15, -0.1) is 0 Å². The van der Waals surface area contributed by atoms with Crippen LogP contribution in [0.3, 0.4) is 0 Å². The molecule has 5 nitrogen and oxygen atoms in total. The number of methoxy groups -OCH3 is 1. The molecule has 2 amide bonds. The molecule has 3 aromatic carbocycles. The Morgan fingerprint density at radius 1 is 1.06 bits per heavy atom. The minimum atomic E-state index is -0.306. The number of nitrogens with zero attached hydrogens (tertiary/aromatic N) is 1. The SMILES string of the molecule is COc1cc(/C=C2/SC(=O)N(Cc3ccccc3Br)C2=O)cc(I)c1OCc1ccccc1. The zero-order chi connectivity index (χ0) is 23.4. The highest BCUT2D eigenvalue weighted by molar-refractivity contribution is 14.1. The number of carbonyl (C=O) groups is 2. The molecule has 1 fully saturated rings. The standard InChI is InChI=1S/C25H19BrINO4S/c1-31-21-12-17(11-20(27)23(21)32-15-16-7-3-2-4-8-16)13-22-24(29)28(25(30)33-22)14-18-9-5-6-10-19(18)26/h2-13H,14-15H2,1H3/b22-13+. The second-order valence-electron chi connectivity index (χ2n) is 7.17. The highest BCUT2D eigenvalue weighted by Gasteiger charge is 2.35. The van der Waals surface area contributed by atoms with Gasteiger partial charge < -0.3 is 9.47 Å². The van der Waals surface area contributed by atoms with E-state index in [0.717, 1.165) is 36.5 Å². The van der Waals surface area contributed by atoms with Crippen LogP contribution >= 0.6 is 50.3 Å². The Morgan fingerprint density at radius 2 is 1.79 bits per heavy atom. The van der Waals surface area contributed by atoms with Gasteiger partial charge >= 0.3 is 0 Å². The quantitative estimate of drug-likeness (QED) is 0.209. The Kier molecular flexibility index (Phi) is 7.77. The van der Waals surface area contributed by atoms with Crippen molar-refractivity contribution in [2.24, 2.45) is 0 Å². The number of thioether (sulfide) groups is 1. The largest absolute Gasteiger partial charge is 0.493 e. The third-order valence-corrected chi connectivity index (χ3v) is 7.42. The van der Waals surface area contributed by atoms with Gasteiger partial charge in [0, 0.05) is 4.47 Å². The molecule has 1 aliphatic rings. The van der Waals surface area contributed by atoms with Crippen LogP contribution in [0.2, 0.25) is 0 Å². The van der Waals surface area contributed by atoms with Crippen molar-refractivity contribution in [1.29, 1.82) is 0 Å². The molecule has 3 aromatic rings. The Balaban J connectivity index is 1.54. The van der Waals surface area contributed by atoms with Gasteiger partial charge in [0.1, 0.15) is 6.61 Å². The molecule has 1 saturated heterocycles. The number of carbonyl (C=O) groups excluding carboxylic acids is 2. The van der Waals surface area contributed by atoms with Crippen molar-refractivity contribution in [3.05, 3.63) is 96.4 Å². The lowest BCUT2D eigenvalue weighted by Crippen LogP contribution is -2.27. The zero-order valence-electron chi connectivity index (χ0n) is 17.6. The van der Waals surface area contributed by atoms with Crippen molar-refractivity contribution in [1.82, 2.24) is 4.90 Å². The van der Waals surface area contributed by atoms with Gasteiger partial charge in [-0.05, 0) is 75.3 Å². The lowest BCUT2D eigenvalue weighted by atomic mass is 10.1. The normalized spacial score (nSPS) is 14.8. The van der Waals surface area contributed by atoms with E-state index in [0.29, 0.717) is 23.0 Å². The number of benzene rings is 3. The summed E-state index contributed by atoms with van der Waals surface area (Å²) in [6.07, 6.45) is 1.72. The fourth-order valence-electron chi connectivity index (χ4n) is 3.28. The third-order valence-electron chi connectivity index (χ3n) is 4.94. The van der Waals surface area contributed by atoms with Crippen molar-refractivity contribution in [2.75, 3.05) is 7.11 Å². The molecular formula is C25H19BrINO4S. The van der Waals surface area contributed by atoms with Gasteiger partial charge in [-0.3, -0.25) is 14.5 Å². The first-order valence-corrected chi connectivity index (χ1v) is 12.7. The molecule has 4 rings (SSSR count). The van der Waals surface area contributed by atoms with Gasteiger partial charge in [-0.1, -0.05) is 64.5 Å². The lowest BCUT2D eigenvalue weighted by Gasteiger charge is -2.14. The van der Waals surface area contributed by atoms with Crippen molar-refractivity contribution in [3.63, 3.8) is 0 Å². The minimum Gasteiger partial charge on any atom is -0.493 e. The third kappa shape index (κ3) is 5.62. The minimum absolute atomic E-state index is 0.219. The van der Waals surface area contributed by atoms with E-state index in [-0.39, 0.29) is 17.7 Å². The molecule has 1 heterocycles. The molecular weight excluding hydrogens is 617 g/mol. The number of amides is 2. The molecule has 0 aromatic heterocycles. The highest BCUT2D eigenvalue weighted by atomic mass is 127. The molecule has 0 saturated carbocycles. The Bertz CT molecular complexity index is 1230. The summed E-state index contributed by atoms with van der Waals surface area (Å²) in [6, 6.07) is 21.2. The van der Waals surface area contributed by atoms with Crippen LogP contribution in [0.5, 0.6) is 11.5 Å². The van der Waals surface area contributed by atoms with E-state index in [2.05, 4.69) is 38.5 Å². The first-order valence-electron chi connectivity index (χ1n) is 9.99. The van der Waals surface area contributed by atoms with E-state index >= 15 is 0 Å². The van der Waals surface area contributed by atoms with Crippen LogP contribution in [0.1, 0.15) is 16.7 Å². The van der Waals surface area contributed by atoms with Crippen molar-refractivity contribution in [2.45, 2.75) is 13.2 Å². The topological polar surface area (TPSA) is 55.8 Å². The van der Waals surface area contributed by atoms with E-state index in [4.69, 9.17) is 9.47 Å². The molecule has 0 spiro atoms. The number of halogens is 2. The van der Waals surface area contributed by atoms with Crippen molar-refractivity contribution < 1.29 is 19.1 Å². The second-order valence-corrected chi connectivity index (χ2v) is 10.2. The van der Waals surface area contributed by atoms with Crippen LogP contribution in [0.25, 0.3) is 6.08 Å². The number of hydrogen-bond donors (Lipinski definition) is 0. The van der Waals surface area contributed by atoms with E-state index in [1.807, 2.05) is 66.7 Å². The van der Waals surface area contributed by atoms with Crippen LogP contribution in [-0.2, 0) is 17.9 Å². The second kappa shape index (κ2) is 10.8. The summed E-state index contributed by atoms with van der Waals surface area (Å²) in [7, 11) is 1.58. The van der Waals surface area contributed by atoms with Gasteiger partial charge in [-0.25, -0.2) is 0 Å². The molecule has 0 atom stereocenters. The maximum Gasteiger partial charge on any atom is 0.293 e. The van der Waals surface area contributed by atoms with E-state index in [9.17, 15) is 9.59 Å². The molecule has 33 heavy (non-hydrogen) atoms. The average Bonchev–Trinajstić information content (AvgIpc) is 3.07. The average molecular weight is 636 g/mol. The summed E-state index contributed by atoms with van der Waals surface area (Å²) >= 11 is 6.60. The molecule has 168 valence electrons. The first-order chi connectivity index (χ1) is 16.0. The maximum absolute atomic E-state index is 12.9. The van der Waals surface area contributed by atoms with Gasteiger partial charge in [-0.2, -0.15) is 0 Å². The Morgan fingerprint density at radius 3 is 2.52 bits per heavy atom. The van der Waals surface area contributed by atoms with Crippen molar-refractivity contribution in [3.8, 4) is 11.5 Å². The van der Waals surface area contributed by atoms with Crippen LogP contribution in [0, 0.1) is 3.57 Å². The van der Waals surface area contributed by atoms with Gasteiger partial charge in [0.25, 0.3) is 11.1 Å². The molecule has 0 bridgehead atoms. The fraction of sp³-hybridized carbons (Fsp3) is 0.120. The first kappa shape index (κ1) is 23.8. The Labute approximate surface area is 218 Å².